The molecule has 0 saturated carbocycles. The largest absolute Gasteiger partial charge is 0.302 e. The maximum atomic E-state index is 12.1. The molecule has 0 bridgehead atoms. The van der Waals surface area contributed by atoms with Gasteiger partial charge < -0.3 is 5.32 Å². The predicted octanol–water partition coefficient (Wildman–Crippen LogP) is 4.95. The number of anilines is 1. The number of thiazole rings is 1. The number of nitrogens with zero attached hydrogens (tertiary/aromatic N) is 1. The first-order valence-electron chi connectivity index (χ1n) is 7.19. The summed E-state index contributed by atoms with van der Waals surface area (Å²) in [6.45, 7) is 2.01. The molecule has 0 radical (unpaired) electrons. The Morgan fingerprint density at radius 2 is 1.83 bits per heavy atom. The normalized spacial score (nSPS) is 10.5. The van der Waals surface area contributed by atoms with Crippen LogP contribution in [0.15, 0.2) is 54.6 Å². The first-order valence-corrected chi connectivity index (χ1v) is 8.38. The highest BCUT2D eigenvalue weighted by Gasteiger charge is 2.12. The van der Waals surface area contributed by atoms with E-state index in [-0.39, 0.29) is 5.91 Å². The molecule has 1 heterocycles. The zero-order valence-corrected chi connectivity index (χ0v) is 14.1. The van der Waals surface area contributed by atoms with Gasteiger partial charge in [0.05, 0.1) is 12.1 Å². The zero-order valence-electron chi connectivity index (χ0n) is 12.5. The molecule has 0 unspecified atom stereocenters. The molecule has 116 valence electrons. The average molecular weight is 343 g/mol. The van der Waals surface area contributed by atoms with Crippen molar-refractivity contribution in [3.05, 3.63) is 70.1 Å². The maximum Gasteiger partial charge on any atom is 0.230 e. The van der Waals surface area contributed by atoms with Crippen molar-refractivity contribution in [2.24, 2.45) is 0 Å². The van der Waals surface area contributed by atoms with E-state index in [4.69, 9.17) is 11.6 Å². The molecule has 0 spiro atoms. The Labute approximate surface area is 144 Å². The third-order valence-electron chi connectivity index (χ3n) is 3.37. The topological polar surface area (TPSA) is 42.0 Å². The molecule has 3 rings (SSSR count). The quantitative estimate of drug-likeness (QED) is 0.728. The van der Waals surface area contributed by atoms with Crippen LogP contribution in [0.1, 0.15) is 10.4 Å². The molecule has 0 aliphatic rings. The van der Waals surface area contributed by atoms with Crippen LogP contribution in [0.25, 0.3) is 11.3 Å². The molecule has 5 heteroatoms. The van der Waals surface area contributed by atoms with Crippen molar-refractivity contribution in [1.82, 2.24) is 4.98 Å². The summed E-state index contributed by atoms with van der Waals surface area (Å²) in [6.07, 6.45) is 0.302. The van der Waals surface area contributed by atoms with Gasteiger partial charge in [0.2, 0.25) is 5.91 Å². The maximum absolute atomic E-state index is 12.1. The summed E-state index contributed by atoms with van der Waals surface area (Å²) in [5.41, 5.74) is 2.89. The van der Waals surface area contributed by atoms with Crippen molar-refractivity contribution in [3.63, 3.8) is 0 Å². The fourth-order valence-electron chi connectivity index (χ4n) is 2.26. The number of nitrogens with one attached hydrogen (secondary N) is 1. The van der Waals surface area contributed by atoms with Crippen LogP contribution in [0.4, 0.5) is 5.13 Å². The number of hydrogen-bond donors (Lipinski definition) is 1. The number of amides is 1. The predicted molar refractivity (Wildman–Crippen MR) is 96.1 cm³/mol. The van der Waals surface area contributed by atoms with Crippen LogP contribution in [0.3, 0.4) is 0 Å². The van der Waals surface area contributed by atoms with Gasteiger partial charge in [-0.25, -0.2) is 4.98 Å². The Kier molecular flexibility index (Phi) is 4.74. The fraction of sp³-hybridized carbons (Fsp3) is 0.111. The molecular formula is C18H15ClN2OS. The smallest absolute Gasteiger partial charge is 0.230 e. The number of aryl methyl sites for hydroxylation is 1. The second-order valence-corrected chi connectivity index (χ2v) is 6.78. The Morgan fingerprint density at radius 1 is 1.13 bits per heavy atom. The fourth-order valence-corrected chi connectivity index (χ4v) is 3.24. The lowest BCUT2D eigenvalue weighted by molar-refractivity contribution is -0.115. The number of benzene rings is 2. The van der Waals surface area contributed by atoms with Crippen molar-refractivity contribution < 1.29 is 4.79 Å². The monoisotopic (exact) mass is 342 g/mol. The minimum Gasteiger partial charge on any atom is -0.302 e. The summed E-state index contributed by atoms with van der Waals surface area (Å²) in [7, 11) is 0. The van der Waals surface area contributed by atoms with Gasteiger partial charge in [-0.1, -0.05) is 54.1 Å². The zero-order chi connectivity index (χ0) is 16.2. The number of carbonyl (C=O) groups is 1. The summed E-state index contributed by atoms with van der Waals surface area (Å²) < 4.78 is 0. The van der Waals surface area contributed by atoms with E-state index in [1.165, 1.54) is 11.3 Å². The lowest BCUT2D eigenvalue weighted by Gasteiger charge is -2.02. The average Bonchev–Trinajstić information content (AvgIpc) is 2.91. The summed E-state index contributed by atoms with van der Waals surface area (Å²) in [6, 6.07) is 17.2. The minimum atomic E-state index is -0.0827. The van der Waals surface area contributed by atoms with Gasteiger partial charge in [0.25, 0.3) is 0 Å². The van der Waals surface area contributed by atoms with Crippen LogP contribution in [0, 0.1) is 6.92 Å². The first kappa shape index (κ1) is 15.7. The third kappa shape index (κ3) is 3.97. The number of hydrogen-bond acceptors (Lipinski definition) is 3. The van der Waals surface area contributed by atoms with Crippen LogP contribution in [0.2, 0.25) is 5.02 Å². The van der Waals surface area contributed by atoms with Crippen molar-refractivity contribution >= 4 is 34.0 Å². The molecular weight excluding hydrogens is 328 g/mol. The molecule has 0 aliphatic carbocycles. The Balaban J connectivity index is 1.71. The van der Waals surface area contributed by atoms with E-state index in [0.717, 1.165) is 21.7 Å². The van der Waals surface area contributed by atoms with E-state index in [1.807, 2.05) is 49.4 Å². The standard InChI is InChI=1S/C18H15ClN2OS/c1-12-17(14-5-3-2-4-6-14)21-18(23-12)20-16(22)11-13-7-9-15(19)10-8-13/h2-10H,11H2,1H3,(H,20,21,22). The van der Waals surface area contributed by atoms with Crippen molar-refractivity contribution in [2.75, 3.05) is 5.32 Å². The second kappa shape index (κ2) is 6.94. The molecule has 3 aromatic rings. The Bertz CT molecular complexity index is 813. The van der Waals surface area contributed by atoms with Gasteiger partial charge in [-0.3, -0.25) is 4.79 Å². The van der Waals surface area contributed by atoms with E-state index < -0.39 is 0 Å². The highest BCUT2D eigenvalue weighted by molar-refractivity contribution is 7.16. The van der Waals surface area contributed by atoms with Gasteiger partial charge in [-0.05, 0) is 24.6 Å². The van der Waals surface area contributed by atoms with E-state index in [9.17, 15) is 4.79 Å². The highest BCUT2D eigenvalue weighted by Crippen LogP contribution is 2.30. The van der Waals surface area contributed by atoms with Gasteiger partial charge >= 0.3 is 0 Å². The number of halogens is 1. The Hall–Kier alpha value is -2.17. The van der Waals surface area contributed by atoms with Crippen LogP contribution in [0.5, 0.6) is 0 Å². The molecule has 23 heavy (non-hydrogen) atoms. The van der Waals surface area contributed by atoms with Crippen molar-refractivity contribution in [3.8, 4) is 11.3 Å². The molecule has 0 aliphatic heterocycles. The van der Waals surface area contributed by atoms with Crippen LogP contribution in [-0.2, 0) is 11.2 Å². The van der Waals surface area contributed by atoms with E-state index in [2.05, 4.69) is 10.3 Å². The van der Waals surface area contributed by atoms with Crippen LogP contribution in [-0.4, -0.2) is 10.9 Å². The van der Waals surface area contributed by atoms with Gasteiger partial charge in [-0.15, -0.1) is 11.3 Å². The van der Waals surface area contributed by atoms with Crippen LogP contribution >= 0.6 is 22.9 Å². The van der Waals surface area contributed by atoms with E-state index >= 15 is 0 Å². The summed E-state index contributed by atoms with van der Waals surface area (Å²) >= 11 is 7.33. The lowest BCUT2D eigenvalue weighted by atomic mass is 10.1. The number of carbonyl (C=O) groups excluding carboxylic acids is 1. The number of aromatic nitrogens is 1. The third-order valence-corrected chi connectivity index (χ3v) is 4.51. The molecule has 3 nitrogen and oxygen atoms in total. The van der Waals surface area contributed by atoms with Gasteiger partial charge in [0.15, 0.2) is 5.13 Å². The molecule has 2 aromatic carbocycles. The second-order valence-electron chi connectivity index (χ2n) is 5.14. The molecule has 0 fully saturated rings. The van der Waals surface area contributed by atoms with Crippen molar-refractivity contribution in [2.45, 2.75) is 13.3 Å². The van der Waals surface area contributed by atoms with E-state index in [0.29, 0.717) is 16.6 Å². The lowest BCUT2D eigenvalue weighted by Crippen LogP contribution is -2.14. The van der Waals surface area contributed by atoms with Gasteiger partial charge in [0.1, 0.15) is 0 Å². The van der Waals surface area contributed by atoms with Gasteiger partial charge in [-0.2, -0.15) is 0 Å². The van der Waals surface area contributed by atoms with Crippen molar-refractivity contribution in [1.29, 1.82) is 0 Å². The summed E-state index contributed by atoms with van der Waals surface area (Å²) in [5, 5.41) is 4.16. The molecule has 0 atom stereocenters. The minimum absolute atomic E-state index is 0.0827. The summed E-state index contributed by atoms with van der Waals surface area (Å²) in [4.78, 5) is 17.8. The molecule has 0 saturated heterocycles. The number of rotatable bonds is 4. The first-order chi connectivity index (χ1) is 11.1. The van der Waals surface area contributed by atoms with Crippen LogP contribution < -0.4 is 5.32 Å². The molecule has 1 aromatic heterocycles. The SMILES string of the molecule is Cc1sc(NC(=O)Cc2ccc(Cl)cc2)nc1-c1ccccc1. The molecule has 1 N–H and O–H groups in total. The highest BCUT2D eigenvalue weighted by atomic mass is 35.5. The van der Waals surface area contributed by atoms with E-state index in [1.54, 1.807) is 12.1 Å². The Morgan fingerprint density at radius 3 is 2.52 bits per heavy atom. The molecule has 1 amide bonds. The van der Waals surface area contributed by atoms with Gasteiger partial charge in [0, 0.05) is 15.5 Å². The summed E-state index contributed by atoms with van der Waals surface area (Å²) in [5.74, 6) is -0.0827.